The molecule has 0 bridgehead atoms. The van der Waals surface area contributed by atoms with Crippen LogP contribution in [0.25, 0.3) is 10.9 Å². The topological polar surface area (TPSA) is 122 Å². The first kappa shape index (κ1) is 19.8. The first-order valence-corrected chi connectivity index (χ1v) is 10.0. The normalized spacial score (nSPS) is 17.2. The summed E-state index contributed by atoms with van der Waals surface area (Å²) >= 11 is 0. The van der Waals surface area contributed by atoms with Crippen molar-refractivity contribution in [2.75, 3.05) is 29.0 Å². The van der Waals surface area contributed by atoms with Gasteiger partial charge in [0.25, 0.3) is 0 Å². The van der Waals surface area contributed by atoms with E-state index in [-0.39, 0.29) is 18.0 Å². The minimum Gasteiger partial charge on any atom is -0.384 e. The summed E-state index contributed by atoms with van der Waals surface area (Å²) < 4.78 is 0. The van der Waals surface area contributed by atoms with Crippen molar-refractivity contribution in [3.63, 3.8) is 0 Å². The van der Waals surface area contributed by atoms with Gasteiger partial charge < -0.3 is 21.3 Å². The van der Waals surface area contributed by atoms with Crippen LogP contribution in [0, 0.1) is 6.92 Å². The fourth-order valence-electron chi connectivity index (χ4n) is 3.78. The molecular weight excluding hydrogens is 380 g/mol. The Labute approximate surface area is 175 Å². The Kier molecular flexibility index (Phi) is 5.35. The Morgan fingerprint density at radius 3 is 2.90 bits per heavy atom. The van der Waals surface area contributed by atoms with Crippen molar-refractivity contribution in [3.8, 4) is 0 Å². The molecule has 0 saturated carbocycles. The smallest absolute Gasteiger partial charge is 0.217 e. The highest BCUT2D eigenvalue weighted by atomic mass is 16.1. The number of nitrogens with one attached hydrogen (secondary N) is 2. The largest absolute Gasteiger partial charge is 0.384 e. The monoisotopic (exact) mass is 406 g/mol. The minimum absolute atomic E-state index is 0.00664. The van der Waals surface area contributed by atoms with E-state index in [0.717, 1.165) is 47.7 Å². The van der Waals surface area contributed by atoms with Crippen molar-refractivity contribution in [3.05, 3.63) is 42.0 Å². The molecule has 0 aliphatic carbocycles. The van der Waals surface area contributed by atoms with E-state index in [9.17, 15) is 4.79 Å². The molecule has 156 valence electrons. The number of nitrogens with zero attached hydrogens (tertiary/aromatic N) is 5. The van der Waals surface area contributed by atoms with Gasteiger partial charge in [0.1, 0.15) is 23.3 Å². The Hall–Kier alpha value is -3.49. The van der Waals surface area contributed by atoms with E-state index in [0.29, 0.717) is 11.6 Å². The van der Waals surface area contributed by atoms with Crippen molar-refractivity contribution in [1.82, 2.24) is 25.3 Å². The molecule has 9 nitrogen and oxygen atoms in total. The van der Waals surface area contributed by atoms with Gasteiger partial charge in [0.2, 0.25) is 5.91 Å². The average molecular weight is 406 g/mol. The summed E-state index contributed by atoms with van der Waals surface area (Å²) in [5, 5.41) is 7.33. The van der Waals surface area contributed by atoms with Crippen molar-refractivity contribution in [2.45, 2.75) is 39.3 Å². The van der Waals surface area contributed by atoms with E-state index < -0.39 is 0 Å². The molecule has 1 amide bonds. The van der Waals surface area contributed by atoms with Gasteiger partial charge in [-0.05, 0) is 38.5 Å². The number of nitrogens with two attached hydrogens (primary N) is 1. The van der Waals surface area contributed by atoms with E-state index in [1.54, 1.807) is 19.2 Å². The maximum atomic E-state index is 11.4. The number of carbonyl (C=O) groups is 1. The van der Waals surface area contributed by atoms with Crippen LogP contribution in [0.15, 0.2) is 30.5 Å². The molecule has 30 heavy (non-hydrogen) atoms. The standard InChI is InChI=1S/C21H26N8O/c1-12(17-5-4-6-19(22)28-17)24-21-16-9-20(23-10-18(16)25-13(2)26-21)29-8-7-15(11-29)27-14(3)30/h4-6,9-10,12,15H,7-8,11H2,1-3H3,(H2,22,28)(H,27,30)(H,24,25,26)/t12?,15-/m1/s1. The maximum Gasteiger partial charge on any atom is 0.217 e. The number of carbonyl (C=O) groups excluding carboxylic acids is 1. The first-order valence-electron chi connectivity index (χ1n) is 10.0. The number of hydrogen-bond donors (Lipinski definition) is 3. The highest BCUT2D eigenvalue weighted by molar-refractivity contribution is 5.90. The summed E-state index contributed by atoms with van der Waals surface area (Å²) in [5.41, 5.74) is 7.45. The molecule has 0 spiro atoms. The van der Waals surface area contributed by atoms with Crippen LogP contribution in [-0.2, 0) is 4.79 Å². The molecule has 9 heteroatoms. The molecule has 1 aliphatic rings. The van der Waals surface area contributed by atoms with Crippen molar-refractivity contribution < 1.29 is 4.79 Å². The number of anilines is 3. The van der Waals surface area contributed by atoms with Crippen LogP contribution in [-0.4, -0.2) is 45.0 Å². The van der Waals surface area contributed by atoms with Gasteiger partial charge in [-0.25, -0.2) is 19.9 Å². The second kappa shape index (κ2) is 8.10. The van der Waals surface area contributed by atoms with E-state index in [2.05, 4.69) is 35.5 Å². The Morgan fingerprint density at radius 1 is 1.30 bits per heavy atom. The maximum absolute atomic E-state index is 11.4. The summed E-state index contributed by atoms with van der Waals surface area (Å²) in [6.07, 6.45) is 2.67. The lowest BCUT2D eigenvalue weighted by molar-refractivity contribution is -0.119. The predicted octanol–water partition coefficient (Wildman–Crippen LogP) is 2.20. The van der Waals surface area contributed by atoms with Gasteiger partial charge in [0.05, 0.1) is 23.4 Å². The van der Waals surface area contributed by atoms with Gasteiger partial charge in [-0.15, -0.1) is 0 Å². The quantitative estimate of drug-likeness (QED) is 0.589. The molecular formula is C21H26N8O. The Balaban J connectivity index is 1.63. The number of rotatable bonds is 5. The fourth-order valence-corrected chi connectivity index (χ4v) is 3.78. The molecule has 4 heterocycles. The minimum atomic E-state index is -0.0847. The molecule has 1 fully saturated rings. The van der Waals surface area contributed by atoms with Crippen molar-refractivity contribution in [2.24, 2.45) is 0 Å². The van der Waals surface area contributed by atoms with E-state index in [1.165, 1.54) is 0 Å². The van der Waals surface area contributed by atoms with E-state index in [4.69, 9.17) is 5.73 Å². The molecule has 3 aromatic rings. The van der Waals surface area contributed by atoms with E-state index >= 15 is 0 Å². The molecule has 4 N–H and O–H groups in total. The summed E-state index contributed by atoms with van der Waals surface area (Å²) in [4.78, 5) is 31.7. The highest BCUT2D eigenvalue weighted by Gasteiger charge is 2.24. The van der Waals surface area contributed by atoms with Crippen molar-refractivity contribution in [1.29, 1.82) is 0 Å². The van der Waals surface area contributed by atoms with Crippen LogP contribution in [0.4, 0.5) is 17.5 Å². The van der Waals surface area contributed by atoms with Crippen LogP contribution in [0.5, 0.6) is 0 Å². The van der Waals surface area contributed by atoms with Crippen LogP contribution in [0.3, 0.4) is 0 Å². The molecule has 2 atom stereocenters. The Bertz CT molecular complexity index is 1090. The van der Waals surface area contributed by atoms with Crippen LogP contribution >= 0.6 is 0 Å². The molecule has 1 aliphatic heterocycles. The lowest BCUT2D eigenvalue weighted by atomic mass is 10.2. The first-order chi connectivity index (χ1) is 14.4. The number of amides is 1. The molecule has 0 aromatic carbocycles. The molecule has 4 rings (SSSR count). The average Bonchev–Trinajstić information content (AvgIpc) is 3.15. The van der Waals surface area contributed by atoms with Crippen LogP contribution in [0.1, 0.15) is 37.8 Å². The van der Waals surface area contributed by atoms with E-state index in [1.807, 2.05) is 32.0 Å². The Morgan fingerprint density at radius 2 is 2.13 bits per heavy atom. The predicted molar refractivity (Wildman–Crippen MR) is 117 cm³/mol. The zero-order valence-corrected chi connectivity index (χ0v) is 17.4. The fraction of sp³-hybridized carbons (Fsp3) is 0.381. The third kappa shape index (κ3) is 4.24. The van der Waals surface area contributed by atoms with Gasteiger partial charge in [0.15, 0.2) is 0 Å². The molecule has 3 aromatic heterocycles. The van der Waals surface area contributed by atoms with Gasteiger partial charge in [-0.2, -0.15) is 0 Å². The molecule has 0 radical (unpaired) electrons. The number of nitrogen functional groups attached to an aromatic ring is 1. The summed E-state index contributed by atoms with van der Waals surface area (Å²) in [6.45, 7) is 7.00. The third-order valence-electron chi connectivity index (χ3n) is 5.19. The molecule has 1 saturated heterocycles. The zero-order valence-electron chi connectivity index (χ0n) is 17.4. The van der Waals surface area contributed by atoms with Crippen LogP contribution < -0.4 is 21.3 Å². The highest BCUT2D eigenvalue weighted by Crippen LogP contribution is 2.28. The molecule has 1 unspecified atom stereocenters. The third-order valence-corrected chi connectivity index (χ3v) is 5.19. The number of hydrogen-bond acceptors (Lipinski definition) is 8. The van der Waals surface area contributed by atoms with Crippen molar-refractivity contribution >= 4 is 34.3 Å². The van der Waals surface area contributed by atoms with Crippen LogP contribution in [0.2, 0.25) is 0 Å². The second-order valence-electron chi connectivity index (χ2n) is 7.66. The summed E-state index contributed by atoms with van der Waals surface area (Å²) in [5.74, 6) is 2.72. The summed E-state index contributed by atoms with van der Waals surface area (Å²) in [7, 11) is 0. The van der Waals surface area contributed by atoms with Gasteiger partial charge in [0, 0.05) is 31.4 Å². The number of aromatic nitrogens is 4. The zero-order chi connectivity index (χ0) is 21.3. The van der Waals surface area contributed by atoms with Gasteiger partial charge in [-0.3, -0.25) is 4.79 Å². The number of fused-ring (bicyclic) bond motifs is 1. The van der Waals surface area contributed by atoms with Gasteiger partial charge >= 0.3 is 0 Å². The lowest BCUT2D eigenvalue weighted by Gasteiger charge is -2.20. The van der Waals surface area contributed by atoms with Gasteiger partial charge in [-0.1, -0.05) is 6.07 Å². The SMILES string of the molecule is CC(=O)N[C@@H]1CCN(c2cc3c(NC(C)c4cccc(N)n4)nc(C)nc3cn2)C1. The number of aryl methyl sites for hydroxylation is 1. The lowest BCUT2D eigenvalue weighted by Crippen LogP contribution is -2.35. The second-order valence-corrected chi connectivity index (χ2v) is 7.66. The summed E-state index contributed by atoms with van der Waals surface area (Å²) in [6, 6.07) is 7.65. The number of pyridine rings is 2.